The molecule has 0 saturated carbocycles. The Hall–Kier alpha value is -0.960. The molecule has 0 radical (unpaired) electrons. The second kappa shape index (κ2) is 6.27. The third-order valence-electron chi connectivity index (χ3n) is 3.32. The molecule has 0 amide bonds. The van der Waals surface area contributed by atoms with Gasteiger partial charge in [-0.05, 0) is 34.1 Å². The zero-order valence-corrected chi connectivity index (χ0v) is 16.0. The minimum atomic E-state index is -0.432. The maximum atomic E-state index is 12.0. The lowest BCUT2D eigenvalue weighted by molar-refractivity contribution is 0.0601. The summed E-state index contributed by atoms with van der Waals surface area (Å²) in [7, 11) is 1.35. The van der Waals surface area contributed by atoms with Gasteiger partial charge in [-0.25, -0.2) is 9.78 Å². The highest BCUT2D eigenvalue weighted by molar-refractivity contribution is 9.10. The summed E-state index contributed by atoms with van der Waals surface area (Å²) in [5.74, 6) is 0.201. The van der Waals surface area contributed by atoms with Crippen molar-refractivity contribution in [3.05, 3.63) is 50.0 Å². The number of carbonyl (C=O) groups is 1. The Balaban J connectivity index is 2.23. The summed E-state index contributed by atoms with van der Waals surface area (Å²) in [5.41, 5.74) is 2.70. The van der Waals surface area contributed by atoms with E-state index >= 15 is 0 Å². The molecule has 0 aliphatic carbocycles. The molecule has 0 saturated heterocycles. The molecule has 1 aromatic heterocycles. The van der Waals surface area contributed by atoms with Crippen molar-refractivity contribution in [1.29, 1.82) is 0 Å². The van der Waals surface area contributed by atoms with Crippen LogP contribution in [-0.4, -0.2) is 18.1 Å². The van der Waals surface area contributed by atoms with Crippen molar-refractivity contribution in [3.63, 3.8) is 0 Å². The number of hydrogen-bond acceptors (Lipinski definition) is 5. The fourth-order valence-electron chi connectivity index (χ4n) is 2.39. The highest BCUT2D eigenvalue weighted by Gasteiger charge is 2.31. The number of methoxy groups -OCH3 is 1. The van der Waals surface area contributed by atoms with Gasteiger partial charge in [0.1, 0.15) is 11.9 Å². The molecule has 5 nitrogen and oxygen atoms in total. The first-order chi connectivity index (χ1) is 10.5. The molecular formula is C14H9Br3N2O3. The average Bonchev–Trinajstić information content (AvgIpc) is 2.51. The highest BCUT2D eigenvalue weighted by Crippen LogP contribution is 2.45. The first kappa shape index (κ1) is 15.9. The van der Waals surface area contributed by atoms with Crippen LogP contribution in [0.4, 0.5) is 11.5 Å². The summed E-state index contributed by atoms with van der Waals surface area (Å²) < 4.78 is 11.9. The Bertz CT molecular complexity index is 767. The first-order valence-electron chi connectivity index (χ1n) is 6.16. The number of carbonyl (C=O) groups excluding carboxylic acids is 1. The summed E-state index contributed by atoms with van der Waals surface area (Å²) in [5, 5.41) is 3.19. The van der Waals surface area contributed by atoms with Crippen LogP contribution in [0.25, 0.3) is 0 Å². The van der Waals surface area contributed by atoms with E-state index in [1.165, 1.54) is 7.11 Å². The summed E-state index contributed by atoms with van der Waals surface area (Å²) in [6.07, 6.45) is 1.27. The van der Waals surface area contributed by atoms with Gasteiger partial charge in [0.15, 0.2) is 0 Å². The fourth-order valence-corrected chi connectivity index (χ4v) is 3.61. The number of benzene rings is 1. The second-order valence-electron chi connectivity index (χ2n) is 4.59. The van der Waals surface area contributed by atoms with Gasteiger partial charge >= 0.3 is 5.97 Å². The second-order valence-corrected chi connectivity index (χ2v) is 6.80. The Morgan fingerprint density at radius 3 is 2.64 bits per heavy atom. The van der Waals surface area contributed by atoms with Crippen molar-refractivity contribution in [1.82, 2.24) is 4.98 Å². The van der Waals surface area contributed by atoms with Crippen molar-refractivity contribution in [2.24, 2.45) is 0 Å². The van der Waals surface area contributed by atoms with Crippen LogP contribution in [0.15, 0.2) is 33.3 Å². The van der Waals surface area contributed by atoms with Gasteiger partial charge < -0.3 is 10.1 Å². The van der Waals surface area contributed by atoms with E-state index in [2.05, 4.69) is 58.4 Å². The lowest BCUT2D eigenvalue weighted by atomic mass is 9.94. The molecule has 0 spiro atoms. The average molecular weight is 493 g/mol. The fraction of sp³-hybridized carbons (Fsp3) is 0.143. The Morgan fingerprint density at radius 1 is 1.23 bits per heavy atom. The number of halogens is 3. The zero-order chi connectivity index (χ0) is 15.9. The summed E-state index contributed by atoms with van der Waals surface area (Å²) in [6, 6.07) is 5.51. The molecule has 8 heteroatoms. The van der Waals surface area contributed by atoms with Crippen molar-refractivity contribution < 1.29 is 13.4 Å². The van der Waals surface area contributed by atoms with Crippen LogP contribution in [-0.2, 0) is 8.57 Å². The van der Waals surface area contributed by atoms with Crippen molar-refractivity contribution >= 4 is 65.6 Å². The molecule has 1 aromatic carbocycles. The molecule has 0 bridgehead atoms. The number of anilines is 2. The number of esters is 1. The third kappa shape index (κ3) is 2.68. The van der Waals surface area contributed by atoms with Crippen LogP contribution in [0.2, 0.25) is 0 Å². The van der Waals surface area contributed by atoms with Crippen molar-refractivity contribution in [3.8, 4) is 0 Å². The SMILES string of the molecule is COC(=O)c1cc(Br)cc2c1Nc1ncc(Br)cc1C2OBr. The van der Waals surface area contributed by atoms with Crippen LogP contribution in [0.1, 0.15) is 27.6 Å². The normalized spacial score (nSPS) is 15.5. The Kier molecular flexibility index (Phi) is 4.54. The minimum Gasteiger partial charge on any atom is -0.465 e. The number of rotatable bonds is 2. The monoisotopic (exact) mass is 490 g/mol. The molecular weight excluding hydrogens is 484 g/mol. The molecule has 114 valence electrons. The molecule has 1 aliphatic rings. The maximum absolute atomic E-state index is 12.0. The van der Waals surface area contributed by atoms with E-state index in [4.69, 9.17) is 8.57 Å². The molecule has 1 unspecified atom stereocenters. The van der Waals surface area contributed by atoms with Crippen LogP contribution < -0.4 is 5.32 Å². The Labute approximate surface area is 152 Å². The Morgan fingerprint density at radius 2 is 1.95 bits per heavy atom. The largest absolute Gasteiger partial charge is 0.465 e. The van der Waals surface area contributed by atoms with Gasteiger partial charge in [-0.1, -0.05) is 15.9 Å². The van der Waals surface area contributed by atoms with E-state index in [1.807, 2.05) is 12.1 Å². The summed E-state index contributed by atoms with van der Waals surface area (Å²) >= 11 is 9.90. The molecule has 22 heavy (non-hydrogen) atoms. The molecule has 1 N–H and O–H groups in total. The predicted octanol–water partition coefficient (Wildman–Crippen LogP) is 4.87. The van der Waals surface area contributed by atoms with E-state index in [-0.39, 0.29) is 0 Å². The lowest BCUT2D eigenvalue weighted by Gasteiger charge is -2.28. The van der Waals surface area contributed by atoms with Gasteiger partial charge in [0, 0.05) is 26.3 Å². The number of hydrogen-bond donors (Lipinski definition) is 1. The first-order valence-corrected chi connectivity index (χ1v) is 8.40. The highest BCUT2D eigenvalue weighted by atomic mass is 79.9. The van der Waals surface area contributed by atoms with E-state index in [1.54, 1.807) is 12.3 Å². The smallest absolute Gasteiger partial charge is 0.340 e. The number of pyridine rings is 1. The van der Waals surface area contributed by atoms with Crippen molar-refractivity contribution in [2.75, 3.05) is 12.4 Å². The van der Waals surface area contributed by atoms with Gasteiger partial charge in [0.05, 0.1) is 34.6 Å². The van der Waals surface area contributed by atoms with Crippen LogP contribution >= 0.6 is 48.1 Å². The number of nitrogens with one attached hydrogen (secondary N) is 1. The molecule has 1 atom stereocenters. The van der Waals surface area contributed by atoms with Gasteiger partial charge in [-0.3, -0.25) is 3.83 Å². The maximum Gasteiger partial charge on any atom is 0.340 e. The molecule has 0 fully saturated rings. The molecule has 2 aromatic rings. The standard InChI is InChI=1S/C14H9Br3N2O3/c1-21-14(20)9-3-6(15)2-8-11(9)19-13-10(12(8)22-17)4-7(16)5-18-13/h2-5,12H,1H3,(H,18,19). The molecule has 3 rings (SSSR count). The summed E-state index contributed by atoms with van der Waals surface area (Å²) in [4.78, 5) is 16.4. The number of nitrogens with zero attached hydrogens (tertiary/aromatic N) is 1. The van der Waals surface area contributed by atoms with E-state index in [0.29, 0.717) is 17.1 Å². The van der Waals surface area contributed by atoms with Gasteiger partial charge in [0.25, 0.3) is 0 Å². The van der Waals surface area contributed by atoms with E-state index < -0.39 is 12.1 Å². The van der Waals surface area contributed by atoms with Gasteiger partial charge in [-0.15, -0.1) is 0 Å². The number of aromatic nitrogens is 1. The van der Waals surface area contributed by atoms with Gasteiger partial charge in [0.2, 0.25) is 0 Å². The third-order valence-corrected chi connectivity index (χ3v) is 4.59. The van der Waals surface area contributed by atoms with Crippen LogP contribution in [0.5, 0.6) is 0 Å². The van der Waals surface area contributed by atoms with Gasteiger partial charge in [-0.2, -0.15) is 0 Å². The minimum absolute atomic E-state index is 0.405. The quantitative estimate of drug-likeness (QED) is 0.606. The lowest BCUT2D eigenvalue weighted by Crippen LogP contribution is -2.18. The number of fused-ring (bicyclic) bond motifs is 2. The number of ether oxygens (including phenoxy) is 1. The van der Waals surface area contributed by atoms with Crippen molar-refractivity contribution in [2.45, 2.75) is 6.10 Å². The molecule has 1 aliphatic heterocycles. The van der Waals surface area contributed by atoms with E-state index in [0.717, 1.165) is 20.1 Å². The topological polar surface area (TPSA) is 60.5 Å². The zero-order valence-electron chi connectivity index (χ0n) is 11.2. The summed E-state index contributed by atoms with van der Waals surface area (Å²) in [6.45, 7) is 0. The van der Waals surface area contributed by atoms with Crippen LogP contribution in [0.3, 0.4) is 0 Å². The molecule has 2 heterocycles. The van der Waals surface area contributed by atoms with E-state index in [9.17, 15) is 4.79 Å². The predicted molar refractivity (Wildman–Crippen MR) is 92.6 cm³/mol. The van der Waals surface area contributed by atoms with Crippen LogP contribution in [0, 0.1) is 0 Å².